The zero-order chi connectivity index (χ0) is 6.48. The van der Waals surface area contributed by atoms with Crippen molar-refractivity contribution in [1.29, 1.82) is 0 Å². The Balaban J connectivity index is 2.05. The van der Waals surface area contributed by atoms with Gasteiger partial charge in [-0.1, -0.05) is 6.92 Å². The van der Waals surface area contributed by atoms with Crippen LogP contribution in [-0.2, 0) is 0 Å². The topological polar surface area (TPSA) is 0 Å². The maximum Gasteiger partial charge on any atom is 0.111 e. The van der Waals surface area contributed by atoms with Gasteiger partial charge in [-0.15, -0.1) is 0 Å². The van der Waals surface area contributed by atoms with Gasteiger partial charge in [0.1, 0.15) is 5.67 Å². The van der Waals surface area contributed by atoms with Gasteiger partial charge in [0.15, 0.2) is 0 Å². The normalized spacial score (nSPS) is 56.7. The highest BCUT2D eigenvalue weighted by Gasteiger charge is 2.49. The van der Waals surface area contributed by atoms with Crippen molar-refractivity contribution in [2.24, 2.45) is 11.8 Å². The van der Waals surface area contributed by atoms with Crippen molar-refractivity contribution < 1.29 is 4.39 Å². The number of hydrogen-bond acceptors (Lipinski definition) is 0. The second-order valence-corrected chi connectivity index (χ2v) is 3.97. The molecule has 3 fully saturated rings. The molecular weight excluding hydrogens is 115 g/mol. The second kappa shape index (κ2) is 1.50. The number of rotatable bonds is 0. The lowest BCUT2D eigenvalue weighted by atomic mass is 9.60. The lowest BCUT2D eigenvalue weighted by molar-refractivity contribution is -0.0619. The van der Waals surface area contributed by atoms with E-state index in [0.717, 1.165) is 25.2 Å². The van der Waals surface area contributed by atoms with Crippen LogP contribution in [0.2, 0.25) is 0 Å². The van der Waals surface area contributed by atoms with Crippen LogP contribution in [0.15, 0.2) is 0 Å². The summed E-state index contributed by atoms with van der Waals surface area (Å²) in [5, 5.41) is 0. The van der Waals surface area contributed by atoms with Crippen molar-refractivity contribution in [3.05, 3.63) is 0 Å². The predicted molar refractivity (Wildman–Crippen MR) is 35.0 cm³/mol. The van der Waals surface area contributed by atoms with Gasteiger partial charge >= 0.3 is 0 Å². The van der Waals surface area contributed by atoms with Gasteiger partial charge in [-0.25, -0.2) is 4.39 Å². The largest absolute Gasteiger partial charge is 0.244 e. The smallest absolute Gasteiger partial charge is 0.111 e. The highest BCUT2D eigenvalue weighted by molar-refractivity contribution is 5.00. The van der Waals surface area contributed by atoms with Gasteiger partial charge in [0.2, 0.25) is 0 Å². The molecule has 3 rings (SSSR count). The van der Waals surface area contributed by atoms with Crippen molar-refractivity contribution >= 4 is 0 Å². The van der Waals surface area contributed by atoms with Crippen molar-refractivity contribution in [2.45, 2.75) is 38.3 Å². The van der Waals surface area contributed by atoms with Crippen LogP contribution in [0.5, 0.6) is 0 Å². The van der Waals surface area contributed by atoms with E-state index >= 15 is 0 Å². The van der Waals surface area contributed by atoms with Crippen LogP contribution in [0.4, 0.5) is 4.39 Å². The molecule has 0 N–H and O–H groups in total. The molecule has 0 amide bonds. The highest BCUT2D eigenvalue weighted by Crippen LogP contribution is 2.53. The SMILES string of the molecule is CC1CC2CC(F)(C1)C2. The van der Waals surface area contributed by atoms with Crippen LogP contribution in [0.3, 0.4) is 0 Å². The lowest BCUT2D eigenvalue weighted by Gasteiger charge is -2.49. The number of hydrogen-bond donors (Lipinski definition) is 0. The molecule has 0 nitrogen and oxygen atoms in total. The first-order chi connectivity index (χ1) is 4.18. The molecule has 52 valence electrons. The molecule has 0 aromatic carbocycles. The first kappa shape index (κ1) is 5.70. The summed E-state index contributed by atoms with van der Waals surface area (Å²) in [5.74, 6) is 1.40. The molecular formula is C8H13F. The molecule has 0 aliphatic heterocycles. The Kier molecular flexibility index (Phi) is 0.950. The van der Waals surface area contributed by atoms with Crippen LogP contribution >= 0.6 is 0 Å². The van der Waals surface area contributed by atoms with E-state index in [2.05, 4.69) is 6.92 Å². The van der Waals surface area contributed by atoms with Crippen LogP contribution in [0.1, 0.15) is 32.6 Å². The minimum absolute atomic E-state index is 0.655. The monoisotopic (exact) mass is 128 g/mol. The van der Waals surface area contributed by atoms with Crippen LogP contribution < -0.4 is 0 Å². The minimum atomic E-state index is -0.706. The molecule has 1 heteroatoms. The van der Waals surface area contributed by atoms with Gasteiger partial charge in [-0.2, -0.15) is 0 Å². The van der Waals surface area contributed by atoms with E-state index in [1.165, 1.54) is 6.42 Å². The molecule has 2 bridgehead atoms. The standard InChI is InChI=1S/C8H13F/c1-6-2-7-4-8(9,3-6)5-7/h6-7H,2-5H2,1H3. The third-order valence-corrected chi connectivity index (χ3v) is 2.76. The van der Waals surface area contributed by atoms with E-state index in [1.807, 2.05) is 0 Å². The Morgan fingerprint density at radius 2 is 2.00 bits per heavy atom. The highest BCUT2D eigenvalue weighted by atomic mass is 19.1. The van der Waals surface area contributed by atoms with Crippen molar-refractivity contribution in [3.8, 4) is 0 Å². The quantitative estimate of drug-likeness (QED) is 0.470. The van der Waals surface area contributed by atoms with Gasteiger partial charge in [0.25, 0.3) is 0 Å². The third-order valence-electron chi connectivity index (χ3n) is 2.76. The first-order valence-corrected chi connectivity index (χ1v) is 3.87. The minimum Gasteiger partial charge on any atom is -0.244 e. The number of fused-ring (bicyclic) bond motifs is 2. The van der Waals surface area contributed by atoms with E-state index in [9.17, 15) is 4.39 Å². The predicted octanol–water partition coefficient (Wildman–Crippen LogP) is 2.53. The van der Waals surface area contributed by atoms with Gasteiger partial charge in [-0.05, 0) is 37.5 Å². The summed E-state index contributed by atoms with van der Waals surface area (Å²) < 4.78 is 13.2. The van der Waals surface area contributed by atoms with E-state index < -0.39 is 5.67 Å². The third kappa shape index (κ3) is 0.778. The number of alkyl halides is 1. The fourth-order valence-electron chi connectivity index (χ4n) is 2.59. The Bertz CT molecular complexity index is 122. The molecule has 3 saturated carbocycles. The Hall–Kier alpha value is -0.0700. The molecule has 0 saturated heterocycles. The molecule has 0 spiro atoms. The van der Waals surface area contributed by atoms with Crippen LogP contribution in [-0.4, -0.2) is 5.67 Å². The number of halogens is 1. The molecule has 1 unspecified atom stereocenters. The molecule has 0 heterocycles. The van der Waals surface area contributed by atoms with E-state index in [1.54, 1.807) is 0 Å². The maximum atomic E-state index is 13.2. The molecule has 0 aromatic rings. The van der Waals surface area contributed by atoms with Crippen LogP contribution in [0, 0.1) is 11.8 Å². The summed E-state index contributed by atoms with van der Waals surface area (Å²) >= 11 is 0. The fraction of sp³-hybridized carbons (Fsp3) is 1.00. The molecule has 3 aliphatic carbocycles. The lowest BCUT2D eigenvalue weighted by Crippen LogP contribution is -2.46. The summed E-state index contributed by atoms with van der Waals surface area (Å²) in [4.78, 5) is 0. The van der Waals surface area contributed by atoms with Crippen molar-refractivity contribution in [2.75, 3.05) is 0 Å². The van der Waals surface area contributed by atoms with Crippen molar-refractivity contribution in [3.63, 3.8) is 0 Å². The summed E-state index contributed by atoms with van der Waals surface area (Å²) in [6, 6.07) is 0. The van der Waals surface area contributed by atoms with E-state index in [-0.39, 0.29) is 0 Å². The van der Waals surface area contributed by atoms with Gasteiger partial charge in [-0.3, -0.25) is 0 Å². The maximum absolute atomic E-state index is 13.2. The van der Waals surface area contributed by atoms with E-state index in [0.29, 0.717) is 5.92 Å². The van der Waals surface area contributed by atoms with Gasteiger partial charge in [0, 0.05) is 0 Å². The van der Waals surface area contributed by atoms with Crippen molar-refractivity contribution in [1.82, 2.24) is 0 Å². The second-order valence-electron chi connectivity index (χ2n) is 3.97. The zero-order valence-corrected chi connectivity index (χ0v) is 5.86. The molecule has 9 heavy (non-hydrogen) atoms. The average Bonchev–Trinajstić information content (AvgIpc) is 1.58. The Morgan fingerprint density at radius 1 is 1.33 bits per heavy atom. The van der Waals surface area contributed by atoms with Gasteiger partial charge < -0.3 is 0 Å². The average molecular weight is 128 g/mol. The molecule has 3 aliphatic rings. The summed E-state index contributed by atoms with van der Waals surface area (Å²) in [6.45, 7) is 2.17. The molecule has 0 radical (unpaired) electrons. The van der Waals surface area contributed by atoms with E-state index in [4.69, 9.17) is 0 Å². The summed E-state index contributed by atoms with van der Waals surface area (Å²) in [5.41, 5.74) is -0.706. The zero-order valence-electron chi connectivity index (χ0n) is 5.86. The Labute approximate surface area is 55.4 Å². The van der Waals surface area contributed by atoms with Gasteiger partial charge in [0.05, 0.1) is 0 Å². The van der Waals surface area contributed by atoms with Crippen LogP contribution in [0.25, 0.3) is 0 Å². The Morgan fingerprint density at radius 3 is 2.33 bits per heavy atom. The summed E-state index contributed by atoms with van der Waals surface area (Å²) in [7, 11) is 0. The summed E-state index contributed by atoms with van der Waals surface area (Å²) in [6.07, 6.45) is 3.86. The molecule has 1 atom stereocenters. The molecule has 0 aromatic heterocycles. The first-order valence-electron chi connectivity index (χ1n) is 3.87. The fourth-order valence-corrected chi connectivity index (χ4v) is 2.59.